The zero-order valence-corrected chi connectivity index (χ0v) is 18.9. The second-order valence-electron chi connectivity index (χ2n) is 9.17. The summed E-state index contributed by atoms with van der Waals surface area (Å²) >= 11 is 0. The number of amides is 1. The summed E-state index contributed by atoms with van der Waals surface area (Å²) < 4.78 is 0. The Hall–Kier alpha value is -2.17. The largest absolute Gasteiger partial charge is 0.352 e. The molecule has 0 aromatic heterocycles. The highest BCUT2D eigenvalue weighted by molar-refractivity contribution is 5.81. The van der Waals surface area contributed by atoms with Crippen molar-refractivity contribution < 1.29 is 4.79 Å². The van der Waals surface area contributed by atoms with Crippen molar-refractivity contribution in [2.45, 2.75) is 63.6 Å². The summed E-state index contributed by atoms with van der Waals surface area (Å²) in [5.41, 5.74) is 2.67. The van der Waals surface area contributed by atoms with Crippen LogP contribution in [0.1, 0.15) is 62.6 Å². The van der Waals surface area contributed by atoms with Gasteiger partial charge in [0.05, 0.1) is 12.1 Å². The molecule has 1 saturated carbocycles. The van der Waals surface area contributed by atoms with Gasteiger partial charge in [-0.3, -0.25) is 14.6 Å². The van der Waals surface area contributed by atoms with Gasteiger partial charge in [0.2, 0.25) is 5.91 Å². The lowest BCUT2D eigenvalue weighted by Crippen LogP contribution is -2.55. The molecule has 4 heteroatoms. The van der Waals surface area contributed by atoms with Crippen LogP contribution in [0.3, 0.4) is 0 Å². The van der Waals surface area contributed by atoms with E-state index in [0.29, 0.717) is 6.04 Å². The van der Waals surface area contributed by atoms with E-state index in [1.807, 2.05) is 0 Å². The molecular weight excluding hydrogens is 382 g/mol. The highest BCUT2D eigenvalue weighted by Crippen LogP contribution is 2.29. The van der Waals surface area contributed by atoms with E-state index in [0.717, 1.165) is 39.0 Å². The molecule has 166 valence electrons. The fraction of sp³-hybridized carbons (Fsp3) is 0.519. The first kappa shape index (κ1) is 22.0. The monoisotopic (exact) mass is 419 g/mol. The van der Waals surface area contributed by atoms with Crippen LogP contribution in [0.4, 0.5) is 0 Å². The lowest BCUT2D eigenvalue weighted by atomic mass is 9.96. The Labute approximate surface area is 187 Å². The van der Waals surface area contributed by atoms with Crippen molar-refractivity contribution in [1.29, 1.82) is 0 Å². The van der Waals surface area contributed by atoms with Crippen molar-refractivity contribution >= 4 is 5.91 Å². The molecule has 2 aromatic rings. The SMILES string of the molecule is CC(C(=O)NC1CCCCCC1)N1CCN(C(c2ccccc2)c2ccccc2)CC1. The summed E-state index contributed by atoms with van der Waals surface area (Å²) in [6, 6.07) is 22.2. The van der Waals surface area contributed by atoms with E-state index in [2.05, 4.69) is 82.7 Å². The van der Waals surface area contributed by atoms with E-state index in [4.69, 9.17) is 0 Å². The summed E-state index contributed by atoms with van der Waals surface area (Å²) in [5, 5.41) is 3.35. The van der Waals surface area contributed by atoms with Gasteiger partial charge in [0.25, 0.3) is 0 Å². The van der Waals surface area contributed by atoms with Gasteiger partial charge in [0.15, 0.2) is 0 Å². The van der Waals surface area contributed by atoms with E-state index in [1.165, 1.54) is 36.8 Å². The van der Waals surface area contributed by atoms with Crippen LogP contribution in [0, 0.1) is 0 Å². The Balaban J connectivity index is 1.37. The topological polar surface area (TPSA) is 35.6 Å². The molecule has 4 nitrogen and oxygen atoms in total. The first-order chi connectivity index (χ1) is 15.2. The molecule has 31 heavy (non-hydrogen) atoms. The van der Waals surface area contributed by atoms with Gasteiger partial charge in [-0.2, -0.15) is 0 Å². The Morgan fingerprint density at radius 1 is 0.774 bits per heavy atom. The summed E-state index contributed by atoms with van der Waals surface area (Å²) in [6.07, 6.45) is 7.41. The van der Waals surface area contributed by atoms with E-state index < -0.39 is 0 Å². The Bertz CT molecular complexity index is 754. The van der Waals surface area contributed by atoms with Gasteiger partial charge in [-0.15, -0.1) is 0 Å². The minimum Gasteiger partial charge on any atom is -0.352 e. The van der Waals surface area contributed by atoms with Crippen LogP contribution in [-0.4, -0.2) is 54.0 Å². The Morgan fingerprint density at radius 3 is 1.77 bits per heavy atom. The van der Waals surface area contributed by atoms with E-state index in [9.17, 15) is 4.79 Å². The van der Waals surface area contributed by atoms with Gasteiger partial charge in [-0.25, -0.2) is 0 Å². The normalized spacial score (nSPS) is 20.3. The third-order valence-corrected chi connectivity index (χ3v) is 7.07. The minimum atomic E-state index is -0.0581. The second kappa shape index (κ2) is 10.9. The summed E-state index contributed by atoms with van der Waals surface area (Å²) in [7, 11) is 0. The maximum absolute atomic E-state index is 12.9. The van der Waals surface area contributed by atoms with Crippen LogP contribution in [0.25, 0.3) is 0 Å². The highest BCUT2D eigenvalue weighted by Gasteiger charge is 2.30. The molecule has 4 rings (SSSR count). The van der Waals surface area contributed by atoms with Crippen LogP contribution >= 0.6 is 0 Å². The molecule has 1 unspecified atom stereocenters. The van der Waals surface area contributed by atoms with Crippen LogP contribution in [-0.2, 0) is 4.79 Å². The van der Waals surface area contributed by atoms with Crippen molar-refractivity contribution in [2.24, 2.45) is 0 Å². The molecule has 1 aliphatic heterocycles. The molecule has 0 bridgehead atoms. The predicted molar refractivity (Wildman–Crippen MR) is 127 cm³/mol. The molecule has 1 amide bonds. The zero-order chi connectivity index (χ0) is 21.5. The third kappa shape index (κ3) is 5.75. The zero-order valence-electron chi connectivity index (χ0n) is 18.9. The maximum Gasteiger partial charge on any atom is 0.237 e. The van der Waals surface area contributed by atoms with E-state index in [-0.39, 0.29) is 18.0 Å². The molecule has 1 heterocycles. The van der Waals surface area contributed by atoms with Crippen molar-refractivity contribution in [3.05, 3.63) is 71.8 Å². The highest BCUT2D eigenvalue weighted by atomic mass is 16.2. The molecule has 1 aliphatic carbocycles. The number of nitrogens with one attached hydrogen (secondary N) is 1. The first-order valence-corrected chi connectivity index (χ1v) is 12.1. The number of carbonyl (C=O) groups is 1. The number of benzene rings is 2. The minimum absolute atomic E-state index is 0.0581. The molecule has 0 radical (unpaired) electrons. The second-order valence-corrected chi connectivity index (χ2v) is 9.17. The van der Waals surface area contributed by atoms with Gasteiger partial charge in [0.1, 0.15) is 0 Å². The van der Waals surface area contributed by atoms with Crippen LogP contribution in [0.2, 0.25) is 0 Å². The average Bonchev–Trinajstić information content (AvgIpc) is 3.09. The summed E-state index contributed by atoms with van der Waals surface area (Å²) in [5.74, 6) is 0.211. The van der Waals surface area contributed by atoms with Crippen LogP contribution < -0.4 is 5.32 Å². The van der Waals surface area contributed by atoms with Crippen molar-refractivity contribution in [1.82, 2.24) is 15.1 Å². The molecule has 1 N–H and O–H groups in total. The number of rotatable bonds is 6. The average molecular weight is 420 g/mol. The predicted octanol–water partition coefficient (Wildman–Crippen LogP) is 4.62. The van der Waals surface area contributed by atoms with E-state index in [1.54, 1.807) is 0 Å². The number of piperazine rings is 1. The van der Waals surface area contributed by atoms with E-state index >= 15 is 0 Å². The third-order valence-electron chi connectivity index (χ3n) is 7.07. The quantitative estimate of drug-likeness (QED) is 0.694. The van der Waals surface area contributed by atoms with Gasteiger partial charge in [-0.1, -0.05) is 86.3 Å². The standard InChI is InChI=1S/C27H37N3O/c1-22(27(31)28-25-16-10-2-3-11-17-25)29-18-20-30(21-19-29)26(23-12-6-4-7-13-23)24-14-8-5-9-15-24/h4-9,12-15,22,25-26H,2-3,10-11,16-21H2,1H3,(H,28,31). The Kier molecular flexibility index (Phi) is 7.76. The van der Waals surface area contributed by atoms with Gasteiger partial charge in [-0.05, 0) is 30.9 Å². The fourth-order valence-corrected chi connectivity index (χ4v) is 5.18. The van der Waals surface area contributed by atoms with Crippen molar-refractivity contribution in [3.8, 4) is 0 Å². The molecule has 2 fully saturated rings. The van der Waals surface area contributed by atoms with Crippen molar-refractivity contribution in [2.75, 3.05) is 26.2 Å². The molecule has 2 aromatic carbocycles. The van der Waals surface area contributed by atoms with Crippen molar-refractivity contribution in [3.63, 3.8) is 0 Å². The number of hydrogen-bond donors (Lipinski definition) is 1. The van der Waals surface area contributed by atoms with Crippen LogP contribution in [0.15, 0.2) is 60.7 Å². The van der Waals surface area contributed by atoms with Gasteiger partial charge >= 0.3 is 0 Å². The number of hydrogen-bond acceptors (Lipinski definition) is 3. The first-order valence-electron chi connectivity index (χ1n) is 12.1. The lowest BCUT2D eigenvalue weighted by Gasteiger charge is -2.41. The molecular formula is C27H37N3O. The number of carbonyl (C=O) groups excluding carboxylic acids is 1. The lowest BCUT2D eigenvalue weighted by molar-refractivity contribution is -0.127. The van der Waals surface area contributed by atoms with Crippen LogP contribution in [0.5, 0.6) is 0 Å². The summed E-state index contributed by atoms with van der Waals surface area (Å²) in [4.78, 5) is 17.8. The molecule has 0 spiro atoms. The van der Waals surface area contributed by atoms with Gasteiger partial charge in [0, 0.05) is 32.2 Å². The smallest absolute Gasteiger partial charge is 0.237 e. The Morgan fingerprint density at radius 2 is 1.26 bits per heavy atom. The molecule has 1 saturated heterocycles. The summed E-state index contributed by atoms with van der Waals surface area (Å²) in [6.45, 7) is 5.86. The number of nitrogens with zero attached hydrogens (tertiary/aromatic N) is 2. The fourth-order valence-electron chi connectivity index (χ4n) is 5.18. The molecule has 1 atom stereocenters. The molecule has 2 aliphatic rings. The maximum atomic E-state index is 12.9. The van der Waals surface area contributed by atoms with Gasteiger partial charge < -0.3 is 5.32 Å².